The van der Waals surface area contributed by atoms with Gasteiger partial charge < -0.3 is 0 Å². The summed E-state index contributed by atoms with van der Waals surface area (Å²) < 4.78 is 0. The molecular formula is C46H37ClS2. The summed E-state index contributed by atoms with van der Waals surface area (Å²) in [5, 5.41) is 0.936. The van der Waals surface area contributed by atoms with Crippen molar-refractivity contribution < 1.29 is 0 Å². The fourth-order valence-electron chi connectivity index (χ4n) is 7.13. The van der Waals surface area contributed by atoms with Crippen LogP contribution in [0.4, 0.5) is 0 Å². The van der Waals surface area contributed by atoms with E-state index in [0.717, 1.165) is 5.03 Å². The minimum absolute atomic E-state index is 0.509. The quantitative estimate of drug-likeness (QED) is 0.149. The van der Waals surface area contributed by atoms with Crippen molar-refractivity contribution in [3.63, 3.8) is 0 Å². The molecule has 2 aliphatic carbocycles. The van der Waals surface area contributed by atoms with Crippen molar-refractivity contribution in [2.45, 2.75) is 19.3 Å². The second kappa shape index (κ2) is 14.6. The van der Waals surface area contributed by atoms with Crippen molar-refractivity contribution in [2.24, 2.45) is 11.8 Å². The van der Waals surface area contributed by atoms with Crippen molar-refractivity contribution in [1.82, 2.24) is 0 Å². The average molecular weight is 689 g/mol. The fraction of sp³-hybridized carbons (Fsp3) is 0.109. The third-order valence-corrected chi connectivity index (χ3v) is 12.5. The average Bonchev–Trinajstić information content (AvgIpc) is 3.61. The standard InChI is InChI=1S/C46H37ClS2/c47-46-40(25-21-32-27-42(34-13-5-1-6-14-34)48-43(28-32)35-15-7-2-8-16-35)38-23-24-39(31-38)41(46)26-22-33-29-44(36-17-9-3-10-18-36)49-45(30-33)37-19-11-4-12-20-37/h1-22,25-30,38-39,48H,23-24,31H2/b25-21+,41-26+. The molecule has 2 heterocycles. The maximum Gasteiger partial charge on any atom is 0.0475 e. The van der Waals surface area contributed by atoms with Gasteiger partial charge in [0.15, 0.2) is 0 Å². The molecule has 240 valence electrons. The zero-order chi connectivity index (χ0) is 33.0. The predicted molar refractivity (Wildman–Crippen MR) is 217 cm³/mol. The van der Waals surface area contributed by atoms with E-state index < -0.39 is 0 Å². The summed E-state index contributed by atoms with van der Waals surface area (Å²) in [6, 6.07) is 42.9. The Bertz CT molecular complexity index is 2040. The van der Waals surface area contributed by atoms with Crippen LogP contribution in [-0.4, -0.2) is 4.86 Å². The SMILES string of the molecule is ClC1=C(/C=C/C2=CC(c3ccccc3)=[SH]C(c3ccccc3)=C2)C2CCC(C2)/C1=C\C=C1C=C(c2ccccc2)SC(c2ccccc2)=C1. The van der Waals surface area contributed by atoms with E-state index in [9.17, 15) is 0 Å². The highest BCUT2D eigenvalue weighted by Gasteiger charge is 2.36. The van der Waals surface area contributed by atoms with Crippen molar-refractivity contribution in [2.75, 3.05) is 0 Å². The van der Waals surface area contributed by atoms with Crippen LogP contribution in [0.2, 0.25) is 0 Å². The summed E-state index contributed by atoms with van der Waals surface area (Å²) in [4.78, 5) is 5.15. The van der Waals surface area contributed by atoms with E-state index >= 15 is 0 Å². The molecule has 1 saturated carbocycles. The van der Waals surface area contributed by atoms with Gasteiger partial charge in [-0.2, -0.15) is 11.4 Å². The number of allylic oxidation sites excluding steroid dienone is 13. The zero-order valence-electron chi connectivity index (χ0n) is 27.2. The summed E-state index contributed by atoms with van der Waals surface area (Å²) in [5.41, 5.74) is 9.96. The Morgan fingerprint density at radius 1 is 0.571 bits per heavy atom. The van der Waals surface area contributed by atoms with E-state index in [4.69, 9.17) is 11.6 Å². The molecule has 3 heteroatoms. The van der Waals surface area contributed by atoms with Crippen LogP contribution in [0.25, 0.3) is 14.7 Å². The molecule has 2 atom stereocenters. The first-order valence-corrected chi connectivity index (χ1v) is 19.1. The first-order chi connectivity index (χ1) is 24.2. The number of hydrogen-bond acceptors (Lipinski definition) is 1. The molecule has 0 saturated heterocycles. The highest BCUT2D eigenvalue weighted by Crippen LogP contribution is 2.50. The monoisotopic (exact) mass is 688 g/mol. The Balaban J connectivity index is 1.14. The molecule has 0 N–H and O–H groups in total. The minimum atomic E-state index is 0.509. The number of halogens is 1. The maximum absolute atomic E-state index is 7.37. The molecule has 2 unspecified atom stereocenters. The Morgan fingerprint density at radius 2 is 1.12 bits per heavy atom. The lowest BCUT2D eigenvalue weighted by Crippen LogP contribution is -2.11. The Labute approximate surface area is 303 Å². The summed E-state index contributed by atoms with van der Waals surface area (Å²) in [6.45, 7) is 0. The summed E-state index contributed by atoms with van der Waals surface area (Å²) >= 11 is 10.4. The van der Waals surface area contributed by atoms with Crippen molar-refractivity contribution in [1.29, 1.82) is 0 Å². The van der Waals surface area contributed by atoms with Crippen LogP contribution in [0.5, 0.6) is 0 Å². The molecule has 4 aromatic rings. The van der Waals surface area contributed by atoms with Crippen LogP contribution in [-0.2, 0) is 0 Å². The van der Waals surface area contributed by atoms with E-state index in [1.807, 2.05) is 11.8 Å². The van der Waals surface area contributed by atoms with Crippen molar-refractivity contribution >= 4 is 54.3 Å². The number of rotatable bonds is 7. The molecule has 49 heavy (non-hydrogen) atoms. The highest BCUT2D eigenvalue weighted by atomic mass is 35.5. The van der Waals surface area contributed by atoms with Gasteiger partial charge in [0.05, 0.1) is 0 Å². The first kappa shape index (κ1) is 31.9. The lowest BCUT2D eigenvalue weighted by Gasteiger charge is -2.24. The third kappa shape index (κ3) is 7.19. The Morgan fingerprint density at radius 3 is 1.73 bits per heavy atom. The van der Waals surface area contributed by atoms with E-state index in [1.54, 1.807) is 0 Å². The van der Waals surface area contributed by atoms with Gasteiger partial charge in [0.1, 0.15) is 0 Å². The van der Waals surface area contributed by atoms with Gasteiger partial charge in [0.2, 0.25) is 0 Å². The second-order valence-corrected chi connectivity index (χ2v) is 15.5. The van der Waals surface area contributed by atoms with Crippen LogP contribution >= 0.6 is 34.7 Å². The number of thioether (sulfide) groups is 1. The normalized spacial score (nSPS) is 21.4. The largest absolute Gasteiger partial charge is 0.161 e. The fourth-order valence-corrected chi connectivity index (χ4v) is 9.94. The molecule has 2 bridgehead atoms. The minimum Gasteiger partial charge on any atom is -0.161 e. The van der Waals surface area contributed by atoms with Gasteiger partial charge in [-0.25, -0.2) is 0 Å². The molecule has 0 spiro atoms. The summed E-state index contributed by atoms with van der Waals surface area (Å²) in [6.07, 6.45) is 22.0. The molecule has 8 rings (SSSR count). The molecule has 2 aliphatic heterocycles. The van der Waals surface area contributed by atoms with Crippen LogP contribution in [0.3, 0.4) is 0 Å². The Kier molecular flexibility index (Phi) is 9.53. The van der Waals surface area contributed by atoms with Crippen LogP contribution in [0.15, 0.2) is 197 Å². The number of hydrogen-bond donors (Lipinski definition) is 1. The van der Waals surface area contributed by atoms with E-state index in [-0.39, 0.29) is 0 Å². The zero-order valence-corrected chi connectivity index (χ0v) is 29.6. The molecule has 4 aromatic carbocycles. The van der Waals surface area contributed by atoms with E-state index in [0.29, 0.717) is 11.8 Å². The van der Waals surface area contributed by atoms with Gasteiger partial charge in [-0.3, -0.25) is 0 Å². The molecule has 0 nitrogen and oxygen atoms in total. The number of fused-ring (bicyclic) bond motifs is 2. The lowest BCUT2D eigenvalue weighted by molar-refractivity contribution is 0.581. The summed E-state index contributed by atoms with van der Waals surface area (Å²) in [5.74, 6) is 1.02. The van der Waals surface area contributed by atoms with Gasteiger partial charge in [0, 0.05) is 24.6 Å². The maximum atomic E-state index is 7.37. The van der Waals surface area contributed by atoms with Crippen LogP contribution in [0, 0.1) is 11.8 Å². The van der Waals surface area contributed by atoms with Crippen molar-refractivity contribution in [3.8, 4) is 0 Å². The molecule has 0 aromatic heterocycles. The molecular weight excluding hydrogens is 652 g/mol. The van der Waals surface area contributed by atoms with Crippen LogP contribution < -0.4 is 0 Å². The van der Waals surface area contributed by atoms with Gasteiger partial charge in [0.25, 0.3) is 0 Å². The lowest BCUT2D eigenvalue weighted by atomic mass is 9.84. The van der Waals surface area contributed by atoms with Gasteiger partial charge in [-0.05, 0) is 99.9 Å². The molecule has 0 amide bonds. The Hall–Kier alpha value is -4.34. The predicted octanol–water partition coefficient (Wildman–Crippen LogP) is 12.8. The highest BCUT2D eigenvalue weighted by molar-refractivity contribution is 8.16. The van der Waals surface area contributed by atoms with Gasteiger partial charge >= 0.3 is 0 Å². The molecule has 1 fully saturated rings. The number of benzene rings is 4. The van der Waals surface area contributed by atoms with Gasteiger partial charge in [-0.1, -0.05) is 169 Å². The third-order valence-electron chi connectivity index (χ3n) is 9.65. The second-order valence-electron chi connectivity index (χ2n) is 12.9. The molecule has 0 radical (unpaired) electrons. The first-order valence-electron chi connectivity index (χ1n) is 17.0. The van der Waals surface area contributed by atoms with E-state index in [2.05, 4.69) is 170 Å². The van der Waals surface area contributed by atoms with Crippen LogP contribution in [0.1, 0.15) is 41.5 Å². The molecule has 4 aliphatic rings. The summed E-state index contributed by atoms with van der Waals surface area (Å²) in [7, 11) is 0. The topological polar surface area (TPSA) is 0 Å². The van der Waals surface area contributed by atoms with E-state index in [1.165, 1.54) is 94.7 Å². The van der Waals surface area contributed by atoms with Crippen molar-refractivity contribution in [3.05, 3.63) is 220 Å². The smallest absolute Gasteiger partial charge is 0.0475 e. The van der Waals surface area contributed by atoms with Gasteiger partial charge in [-0.15, -0.1) is 0 Å². The number of thiol groups is 1.